The highest BCUT2D eigenvalue weighted by Gasteiger charge is 2.16. The fraction of sp³-hybridized carbons (Fsp3) is 0.600. The molecule has 1 aliphatic rings. The Morgan fingerprint density at radius 3 is 2.95 bits per heavy atom. The minimum atomic E-state index is -0.564. The fourth-order valence-electron chi connectivity index (χ4n) is 2.67. The maximum Gasteiger partial charge on any atom is 0.166 e. The fourth-order valence-corrected chi connectivity index (χ4v) is 2.67. The average molecular weight is 266 g/mol. The number of likely N-dealkylation sites (tertiary alicyclic amines) is 1. The standard InChI is InChI=1S/C15H23FN2O/c1-2-8-18-9-3-4-12(7-10-18)17-13-5-6-15(19)14(16)11-13/h5-6,11-12,17,19H,2-4,7-10H2,1H3. The zero-order valence-electron chi connectivity index (χ0n) is 11.5. The number of hydrogen-bond acceptors (Lipinski definition) is 3. The van der Waals surface area contributed by atoms with Crippen LogP contribution in [0.1, 0.15) is 32.6 Å². The summed E-state index contributed by atoms with van der Waals surface area (Å²) in [4.78, 5) is 2.50. The quantitative estimate of drug-likeness (QED) is 0.821. The highest BCUT2D eigenvalue weighted by Crippen LogP contribution is 2.22. The van der Waals surface area contributed by atoms with Crippen LogP contribution in [0.5, 0.6) is 5.75 Å². The number of benzene rings is 1. The molecule has 4 heteroatoms. The molecule has 0 bridgehead atoms. The van der Waals surface area contributed by atoms with Gasteiger partial charge in [-0.3, -0.25) is 0 Å². The number of anilines is 1. The number of halogens is 1. The summed E-state index contributed by atoms with van der Waals surface area (Å²) in [5, 5.41) is 12.6. The monoisotopic (exact) mass is 266 g/mol. The van der Waals surface area contributed by atoms with Crippen LogP contribution in [0.3, 0.4) is 0 Å². The van der Waals surface area contributed by atoms with Crippen molar-refractivity contribution in [1.29, 1.82) is 0 Å². The molecule has 1 aromatic rings. The molecule has 19 heavy (non-hydrogen) atoms. The summed E-state index contributed by atoms with van der Waals surface area (Å²) >= 11 is 0. The number of phenols is 1. The lowest BCUT2D eigenvalue weighted by atomic mass is 10.1. The molecular formula is C15H23FN2O. The van der Waals surface area contributed by atoms with Gasteiger partial charge < -0.3 is 15.3 Å². The van der Waals surface area contributed by atoms with E-state index in [-0.39, 0.29) is 5.75 Å². The van der Waals surface area contributed by atoms with E-state index in [1.807, 2.05) is 0 Å². The summed E-state index contributed by atoms with van der Waals surface area (Å²) in [5.41, 5.74) is 0.754. The molecule has 1 saturated heterocycles. The van der Waals surface area contributed by atoms with Crippen molar-refractivity contribution in [2.24, 2.45) is 0 Å². The smallest absolute Gasteiger partial charge is 0.166 e. The molecule has 106 valence electrons. The van der Waals surface area contributed by atoms with Crippen molar-refractivity contribution in [3.05, 3.63) is 24.0 Å². The summed E-state index contributed by atoms with van der Waals surface area (Å²) in [5.74, 6) is -0.855. The van der Waals surface area contributed by atoms with Gasteiger partial charge in [0.1, 0.15) is 0 Å². The molecule has 1 aliphatic heterocycles. The van der Waals surface area contributed by atoms with Crippen molar-refractivity contribution in [3.8, 4) is 5.75 Å². The van der Waals surface area contributed by atoms with Crippen molar-refractivity contribution in [1.82, 2.24) is 4.90 Å². The van der Waals surface area contributed by atoms with E-state index < -0.39 is 5.82 Å². The predicted molar refractivity (Wildman–Crippen MR) is 76.1 cm³/mol. The summed E-state index contributed by atoms with van der Waals surface area (Å²) in [7, 11) is 0. The third kappa shape index (κ3) is 4.10. The molecule has 1 heterocycles. The summed E-state index contributed by atoms with van der Waals surface area (Å²) in [6.07, 6.45) is 4.57. The Labute approximate surface area is 114 Å². The number of phenolic OH excluding ortho intramolecular Hbond substituents is 1. The summed E-state index contributed by atoms with van der Waals surface area (Å²) < 4.78 is 13.3. The van der Waals surface area contributed by atoms with Crippen LogP contribution < -0.4 is 5.32 Å². The van der Waals surface area contributed by atoms with Crippen LogP contribution in [0.2, 0.25) is 0 Å². The van der Waals surface area contributed by atoms with Crippen LogP contribution in [0, 0.1) is 5.82 Å². The molecule has 0 spiro atoms. The minimum Gasteiger partial charge on any atom is -0.505 e. The van der Waals surface area contributed by atoms with Gasteiger partial charge in [-0.1, -0.05) is 6.92 Å². The van der Waals surface area contributed by atoms with Gasteiger partial charge in [-0.05, 0) is 50.9 Å². The van der Waals surface area contributed by atoms with Crippen LogP contribution in [-0.4, -0.2) is 35.7 Å². The van der Waals surface area contributed by atoms with Gasteiger partial charge in [0.15, 0.2) is 11.6 Å². The Hall–Kier alpha value is -1.29. The highest BCUT2D eigenvalue weighted by atomic mass is 19.1. The van der Waals surface area contributed by atoms with E-state index in [0.717, 1.165) is 31.6 Å². The third-order valence-corrected chi connectivity index (χ3v) is 3.68. The number of nitrogens with zero attached hydrogens (tertiary/aromatic N) is 1. The molecule has 1 aromatic carbocycles. The van der Waals surface area contributed by atoms with Crippen molar-refractivity contribution >= 4 is 5.69 Å². The molecule has 1 atom stereocenters. The van der Waals surface area contributed by atoms with Gasteiger partial charge in [0, 0.05) is 24.3 Å². The average Bonchev–Trinajstić information content (AvgIpc) is 2.60. The van der Waals surface area contributed by atoms with Crippen molar-refractivity contribution in [3.63, 3.8) is 0 Å². The van der Waals surface area contributed by atoms with Crippen molar-refractivity contribution in [2.75, 3.05) is 25.0 Å². The first kappa shape index (κ1) is 14.1. The zero-order valence-corrected chi connectivity index (χ0v) is 11.5. The second-order valence-corrected chi connectivity index (χ2v) is 5.28. The summed E-state index contributed by atoms with van der Waals surface area (Å²) in [6.45, 7) is 5.64. The molecule has 0 aromatic heterocycles. The van der Waals surface area contributed by atoms with Gasteiger partial charge >= 0.3 is 0 Å². The summed E-state index contributed by atoms with van der Waals surface area (Å²) in [6, 6.07) is 4.89. The van der Waals surface area contributed by atoms with Gasteiger partial charge in [-0.25, -0.2) is 4.39 Å². The molecule has 0 saturated carbocycles. The maximum atomic E-state index is 13.3. The molecule has 1 unspecified atom stereocenters. The first-order chi connectivity index (χ1) is 9.19. The largest absolute Gasteiger partial charge is 0.505 e. The van der Waals surface area contributed by atoms with Gasteiger partial charge in [0.05, 0.1) is 0 Å². The second-order valence-electron chi connectivity index (χ2n) is 5.28. The van der Waals surface area contributed by atoms with Crippen LogP contribution in [0.15, 0.2) is 18.2 Å². The lowest BCUT2D eigenvalue weighted by Crippen LogP contribution is -2.27. The van der Waals surface area contributed by atoms with Gasteiger partial charge in [0.25, 0.3) is 0 Å². The van der Waals surface area contributed by atoms with E-state index in [2.05, 4.69) is 17.1 Å². The third-order valence-electron chi connectivity index (χ3n) is 3.68. The normalized spacial score (nSPS) is 21.1. The first-order valence-electron chi connectivity index (χ1n) is 7.16. The van der Waals surface area contributed by atoms with E-state index in [9.17, 15) is 9.50 Å². The Morgan fingerprint density at radius 1 is 1.37 bits per heavy atom. The Bertz CT molecular complexity index is 411. The SMILES string of the molecule is CCCN1CCCC(Nc2ccc(O)c(F)c2)CC1. The molecule has 2 N–H and O–H groups in total. The lowest BCUT2D eigenvalue weighted by molar-refractivity contribution is 0.285. The molecular weight excluding hydrogens is 243 g/mol. The highest BCUT2D eigenvalue weighted by molar-refractivity contribution is 5.47. The Morgan fingerprint density at radius 2 is 2.21 bits per heavy atom. The number of rotatable bonds is 4. The van der Waals surface area contributed by atoms with Crippen LogP contribution in [0.4, 0.5) is 10.1 Å². The van der Waals surface area contributed by atoms with Gasteiger partial charge in [0.2, 0.25) is 0 Å². The first-order valence-corrected chi connectivity index (χ1v) is 7.16. The maximum absolute atomic E-state index is 13.3. The molecule has 2 rings (SSSR count). The van der Waals surface area contributed by atoms with Crippen molar-refractivity contribution < 1.29 is 9.50 Å². The van der Waals surface area contributed by atoms with Gasteiger partial charge in [-0.2, -0.15) is 0 Å². The molecule has 1 fully saturated rings. The van der Waals surface area contributed by atoms with Crippen LogP contribution in [0.25, 0.3) is 0 Å². The topological polar surface area (TPSA) is 35.5 Å². The Kier molecular flexibility index (Phi) is 5.02. The lowest BCUT2D eigenvalue weighted by Gasteiger charge is -2.20. The molecule has 0 amide bonds. The molecule has 0 aliphatic carbocycles. The van der Waals surface area contributed by atoms with E-state index in [0.29, 0.717) is 6.04 Å². The van der Waals surface area contributed by atoms with E-state index in [1.54, 1.807) is 6.07 Å². The Balaban J connectivity index is 1.90. The van der Waals surface area contributed by atoms with Gasteiger partial charge in [-0.15, -0.1) is 0 Å². The number of hydrogen-bond donors (Lipinski definition) is 2. The van der Waals surface area contributed by atoms with E-state index in [1.165, 1.54) is 31.5 Å². The molecule has 0 radical (unpaired) electrons. The zero-order chi connectivity index (χ0) is 13.7. The number of aromatic hydroxyl groups is 1. The minimum absolute atomic E-state index is 0.291. The van der Waals surface area contributed by atoms with E-state index in [4.69, 9.17) is 0 Å². The number of nitrogens with one attached hydrogen (secondary N) is 1. The van der Waals surface area contributed by atoms with Crippen LogP contribution >= 0.6 is 0 Å². The second kappa shape index (κ2) is 6.75. The predicted octanol–water partition coefficient (Wildman–Crippen LogP) is 3.21. The van der Waals surface area contributed by atoms with E-state index >= 15 is 0 Å². The van der Waals surface area contributed by atoms with Crippen molar-refractivity contribution in [2.45, 2.75) is 38.6 Å². The van der Waals surface area contributed by atoms with Crippen LogP contribution in [-0.2, 0) is 0 Å². The molecule has 3 nitrogen and oxygen atoms in total.